The first-order valence-corrected chi connectivity index (χ1v) is 7.01. The number of aliphatic hydroxyl groups is 1. The van der Waals surface area contributed by atoms with Crippen molar-refractivity contribution in [3.63, 3.8) is 0 Å². The van der Waals surface area contributed by atoms with Gasteiger partial charge in [0, 0.05) is 22.4 Å². The van der Waals surface area contributed by atoms with Gasteiger partial charge in [-0.3, -0.25) is 0 Å². The van der Waals surface area contributed by atoms with Crippen LogP contribution in [0.1, 0.15) is 36.1 Å². The first-order valence-electron chi connectivity index (χ1n) is 6.13. The Hall–Kier alpha value is -0.820. The van der Waals surface area contributed by atoms with Gasteiger partial charge in [-0.25, -0.2) is 0 Å². The van der Waals surface area contributed by atoms with E-state index in [1.807, 2.05) is 11.4 Å². The molecule has 2 rings (SSSR count). The maximum Gasteiger partial charge on any atom is 0.104 e. The first-order chi connectivity index (χ1) is 8.38. The van der Waals surface area contributed by atoms with E-state index in [-0.39, 0.29) is 6.61 Å². The van der Waals surface area contributed by atoms with E-state index in [2.05, 4.69) is 11.8 Å². The molecule has 1 aliphatic rings. The van der Waals surface area contributed by atoms with Crippen molar-refractivity contribution in [3.8, 4) is 11.8 Å². The number of rotatable bonds is 5. The van der Waals surface area contributed by atoms with E-state index in [9.17, 15) is 0 Å². The molecule has 0 saturated heterocycles. The number of aliphatic hydroxyl groups excluding tert-OH is 1. The molecule has 1 aromatic heterocycles. The van der Waals surface area contributed by atoms with E-state index in [1.54, 1.807) is 11.3 Å². The van der Waals surface area contributed by atoms with Gasteiger partial charge in [0.1, 0.15) is 6.61 Å². The fourth-order valence-corrected chi connectivity index (χ4v) is 2.62. The van der Waals surface area contributed by atoms with Gasteiger partial charge in [0.15, 0.2) is 0 Å². The average Bonchev–Trinajstić information content (AvgIpc) is 2.71. The van der Waals surface area contributed by atoms with E-state index in [1.165, 1.54) is 30.6 Å². The maximum atomic E-state index is 8.59. The van der Waals surface area contributed by atoms with Crippen molar-refractivity contribution in [3.05, 3.63) is 21.9 Å². The fraction of sp³-hybridized carbons (Fsp3) is 0.571. The second kappa shape index (κ2) is 6.80. The van der Waals surface area contributed by atoms with Crippen LogP contribution in [0.4, 0.5) is 0 Å². The summed E-state index contributed by atoms with van der Waals surface area (Å²) in [6.07, 6.45) is 5.40. The summed E-state index contributed by atoms with van der Waals surface area (Å²) in [5.74, 6) is 6.46. The van der Waals surface area contributed by atoms with Crippen LogP contribution in [-0.2, 0) is 11.3 Å². The van der Waals surface area contributed by atoms with Gasteiger partial charge in [-0.15, -0.1) is 11.3 Å². The minimum Gasteiger partial charge on any atom is -0.384 e. The Balaban J connectivity index is 1.65. The lowest BCUT2D eigenvalue weighted by atomic mass is 9.83. The van der Waals surface area contributed by atoms with Gasteiger partial charge >= 0.3 is 0 Å². The molecule has 0 amide bonds. The molecule has 92 valence electrons. The zero-order valence-corrected chi connectivity index (χ0v) is 10.8. The normalized spacial score (nSPS) is 15.1. The third-order valence-electron chi connectivity index (χ3n) is 3.11. The average molecular weight is 250 g/mol. The molecule has 1 aromatic rings. The van der Waals surface area contributed by atoms with E-state index in [0.717, 1.165) is 18.1 Å². The smallest absolute Gasteiger partial charge is 0.104 e. The Labute approximate surface area is 107 Å². The van der Waals surface area contributed by atoms with Crippen LogP contribution in [0.15, 0.2) is 11.4 Å². The van der Waals surface area contributed by atoms with E-state index in [4.69, 9.17) is 9.84 Å². The molecular weight excluding hydrogens is 232 g/mol. The predicted octanol–water partition coefficient (Wildman–Crippen LogP) is 2.80. The summed E-state index contributed by atoms with van der Waals surface area (Å²) in [6, 6.07) is 2.04. The van der Waals surface area contributed by atoms with Crippen molar-refractivity contribution in [2.75, 3.05) is 13.2 Å². The summed E-state index contributed by atoms with van der Waals surface area (Å²) in [7, 11) is 0. The first kappa shape index (κ1) is 12.6. The summed E-state index contributed by atoms with van der Waals surface area (Å²) < 4.78 is 5.66. The Morgan fingerprint density at radius 1 is 1.47 bits per heavy atom. The predicted molar refractivity (Wildman–Crippen MR) is 69.9 cm³/mol. The third-order valence-corrected chi connectivity index (χ3v) is 4.02. The number of hydrogen-bond acceptors (Lipinski definition) is 3. The van der Waals surface area contributed by atoms with Crippen molar-refractivity contribution in [1.82, 2.24) is 0 Å². The molecule has 3 heteroatoms. The number of ether oxygens (including phenoxy) is 1. The fourth-order valence-electron chi connectivity index (χ4n) is 1.87. The van der Waals surface area contributed by atoms with Gasteiger partial charge in [-0.2, -0.15) is 0 Å². The lowest BCUT2D eigenvalue weighted by Gasteiger charge is -2.24. The molecule has 1 fully saturated rings. The molecule has 0 bridgehead atoms. The summed E-state index contributed by atoms with van der Waals surface area (Å²) in [5.41, 5.74) is 0.974. The summed E-state index contributed by atoms with van der Waals surface area (Å²) in [4.78, 5) is 1.21. The second-order valence-electron chi connectivity index (χ2n) is 4.40. The van der Waals surface area contributed by atoms with E-state index in [0.29, 0.717) is 6.61 Å². The van der Waals surface area contributed by atoms with E-state index < -0.39 is 0 Å². The summed E-state index contributed by atoms with van der Waals surface area (Å²) >= 11 is 1.67. The SMILES string of the molecule is OCC#Cc1csc(COCCC2CCC2)c1. The van der Waals surface area contributed by atoms with E-state index >= 15 is 0 Å². The van der Waals surface area contributed by atoms with Gasteiger partial charge in [-0.05, 0) is 18.4 Å². The van der Waals surface area contributed by atoms with Crippen LogP contribution in [0.2, 0.25) is 0 Å². The molecule has 0 atom stereocenters. The van der Waals surface area contributed by atoms with Crippen molar-refractivity contribution < 1.29 is 9.84 Å². The molecular formula is C14H18O2S. The maximum absolute atomic E-state index is 8.59. The molecule has 0 spiro atoms. The molecule has 1 aliphatic carbocycles. The molecule has 1 N–H and O–H groups in total. The van der Waals surface area contributed by atoms with Crippen LogP contribution >= 0.6 is 11.3 Å². The molecule has 0 aliphatic heterocycles. The van der Waals surface area contributed by atoms with Crippen molar-refractivity contribution >= 4 is 11.3 Å². The zero-order valence-electron chi connectivity index (χ0n) is 9.95. The Bertz CT molecular complexity index is 396. The van der Waals surface area contributed by atoms with Crippen LogP contribution in [0.5, 0.6) is 0 Å². The molecule has 0 aromatic carbocycles. The van der Waals surface area contributed by atoms with Crippen LogP contribution < -0.4 is 0 Å². The highest BCUT2D eigenvalue weighted by Crippen LogP contribution is 2.29. The van der Waals surface area contributed by atoms with Gasteiger partial charge in [0.25, 0.3) is 0 Å². The Kier molecular flexibility index (Phi) is 5.06. The van der Waals surface area contributed by atoms with Crippen LogP contribution in [0.3, 0.4) is 0 Å². The lowest BCUT2D eigenvalue weighted by molar-refractivity contribution is 0.0966. The molecule has 1 saturated carbocycles. The third kappa shape index (κ3) is 4.16. The van der Waals surface area contributed by atoms with Crippen molar-refractivity contribution in [1.29, 1.82) is 0 Å². The van der Waals surface area contributed by atoms with Crippen molar-refractivity contribution in [2.24, 2.45) is 5.92 Å². The monoisotopic (exact) mass is 250 g/mol. The number of thiophene rings is 1. The van der Waals surface area contributed by atoms with Crippen molar-refractivity contribution in [2.45, 2.75) is 32.3 Å². The van der Waals surface area contributed by atoms with Gasteiger partial charge in [0.2, 0.25) is 0 Å². The molecule has 2 nitrogen and oxygen atoms in total. The highest BCUT2D eigenvalue weighted by atomic mass is 32.1. The van der Waals surface area contributed by atoms with Crippen LogP contribution in [0, 0.1) is 17.8 Å². The van der Waals surface area contributed by atoms with Gasteiger partial charge in [-0.1, -0.05) is 31.1 Å². The zero-order chi connectivity index (χ0) is 11.9. The summed E-state index contributed by atoms with van der Waals surface area (Å²) in [5, 5.41) is 10.6. The largest absolute Gasteiger partial charge is 0.384 e. The molecule has 1 heterocycles. The Morgan fingerprint density at radius 2 is 2.35 bits per heavy atom. The van der Waals surface area contributed by atoms with Crippen LogP contribution in [-0.4, -0.2) is 18.3 Å². The minimum absolute atomic E-state index is 0.0803. The van der Waals surface area contributed by atoms with Gasteiger partial charge < -0.3 is 9.84 Å². The minimum atomic E-state index is -0.0803. The summed E-state index contributed by atoms with van der Waals surface area (Å²) in [6.45, 7) is 1.49. The topological polar surface area (TPSA) is 29.5 Å². The lowest BCUT2D eigenvalue weighted by Crippen LogP contribution is -2.13. The highest BCUT2D eigenvalue weighted by Gasteiger charge is 2.16. The second-order valence-corrected chi connectivity index (χ2v) is 5.40. The van der Waals surface area contributed by atoms with Gasteiger partial charge in [0.05, 0.1) is 6.61 Å². The standard InChI is InChI=1S/C14H18O2S/c15-7-2-5-13-9-14(17-11-13)10-16-8-6-12-3-1-4-12/h9,11-12,15H,1,3-4,6-8,10H2. The quantitative estimate of drug-likeness (QED) is 0.643. The molecule has 0 unspecified atom stereocenters. The molecule has 17 heavy (non-hydrogen) atoms. The highest BCUT2D eigenvalue weighted by molar-refractivity contribution is 7.10. The molecule has 0 radical (unpaired) electrons. The van der Waals surface area contributed by atoms with Crippen LogP contribution in [0.25, 0.3) is 0 Å². The number of hydrogen-bond donors (Lipinski definition) is 1. The Morgan fingerprint density at radius 3 is 3.06 bits per heavy atom.